The second-order valence-corrected chi connectivity index (χ2v) is 3.53. The summed E-state index contributed by atoms with van der Waals surface area (Å²) >= 11 is 0. The fourth-order valence-corrected chi connectivity index (χ4v) is 1.50. The molecule has 0 spiro atoms. The Bertz CT molecular complexity index is 452. The van der Waals surface area contributed by atoms with Crippen molar-refractivity contribution in [3.63, 3.8) is 0 Å². The summed E-state index contributed by atoms with van der Waals surface area (Å²) in [6.45, 7) is -0.314. The van der Waals surface area contributed by atoms with E-state index in [1.165, 1.54) is 13.0 Å². The highest BCUT2D eigenvalue weighted by Gasteiger charge is 2.32. The van der Waals surface area contributed by atoms with Gasteiger partial charge in [-0.05, 0) is 19.1 Å². The van der Waals surface area contributed by atoms with Crippen molar-refractivity contribution in [1.82, 2.24) is 0 Å². The third-order valence-electron chi connectivity index (χ3n) is 2.21. The smallest absolute Gasteiger partial charge is 0.358 e. The van der Waals surface area contributed by atoms with E-state index in [9.17, 15) is 22.0 Å². The van der Waals surface area contributed by atoms with Crippen molar-refractivity contribution in [2.24, 2.45) is 0 Å². The highest BCUT2D eigenvalue weighted by Crippen LogP contribution is 2.28. The van der Waals surface area contributed by atoms with Crippen molar-refractivity contribution in [2.45, 2.75) is 13.1 Å². The molecule has 98 valence electrons. The minimum atomic E-state index is -4.57. The van der Waals surface area contributed by atoms with Gasteiger partial charge < -0.3 is 4.90 Å². The molecule has 18 heavy (non-hydrogen) atoms. The van der Waals surface area contributed by atoms with Crippen LogP contribution in [0.5, 0.6) is 0 Å². The SMILES string of the molecule is CCN(CC(F)(F)F)c1c(F)cc(C#N)cc1F. The number of anilines is 1. The van der Waals surface area contributed by atoms with Crippen LogP contribution in [0.3, 0.4) is 0 Å². The van der Waals surface area contributed by atoms with E-state index in [0.29, 0.717) is 17.0 Å². The molecular weight excluding hydrogens is 255 g/mol. The molecule has 0 saturated carbocycles. The Morgan fingerprint density at radius 3 is 2.06 bits per heavy atom. The van der Waals surface area contributed by atoms with Crippen molar-refractivity contribution >= 4 is 5.69 Å². The van der Waals surface area contributed by atoms with Crippen LogP contribution in [0.1, 0.15) is 12.5 Å². The van der Waals surface area contributed by atoms with E-state index in [1.54, 1.807) is 0 Å². The van der Waals surface area contributed by atoms with Gasteiger partial charge >= 0.3 is 6.18 Å². The monoisotopic (exact) mass is 264 g/mol. The molecule has 0 N–H and O–H groups in total. The molecular formula is C11H9F5N2. The second-order valence-electron chi connectivity index (χ2n) is 3.53. The van der Waals surface area contributed by atoms with Gasteiger partial charge in [0.05, 0.1) is 11.6 Å². The summed E-state index contributed by atoms with van der Waals surface area (Å²) in [6, 6.07) is 2.93. The molecule has 7 heteroatoms. The Morgan fingerprint density at radius 1 is 1.22 bits per heavy atom. The number of alkyl halides is 3. The molecule has 0 radical (unpaired) electrons. The summed E-state index contributed by atoms with van der Waals surface area (Å²) < 4.78 is 63.8. The van der Waals surface area contributed by atoms with Crippen LogP contribution in [-0.2, 0) is 0 Å². The lowest BCUT2D eigenvalue weighted by Crippen LogP contribution is -2.35. The van der Waals surface area contributed by atoms with E-state index >= 15 is 0 Å². The molecule has 0 unspecified atom stereocenters. The van der Waals surface area contributed by atoms with Gasteiger partial charge in [-0.2, -0.15) is 18.4 Å². The Balaban J connectivity index is 3.19. The van der Waals surface area contributed by atoms with Gasteiger partial charge in [-0.15, -0.1) is 0 Å². The van der Waals surface area contributed by atoms with E-state index in [-0.39, 0.29) is 12.1 Å². The van der Waals surface area contributed by atoms with Crippen LogP contribution in [0, 0.1) is 23.0 Å². The molecule has 0 aliphatic rings. The molecule has 0 aliphatic carbocycles. The van der Waals surface area contributed by atoms with Gasteiger partial charge in [0.15, 0.2) is 11.6 Å². The topological polar surface area (TPSA) is 27.0 Å². The Morgan fingerprint density at radius 2 is 1.72 bits per heavy atom. The molecule has 0 heterocycles. The first kappa shape index (κ1) is 14.2. The molecule has 0 fully saturated rings. The number of nitriles is 1. The molecule has 2 nitrogen and oxygen atoms in total. The summed E-state index contributed by atoms with van der Waals surface area (Å²) in [6.07, 6.45) is -4.57. The van der Waals surface area contributed by atoms with Crippen LogP contribution >= 0.6 is 0 Å². The predicted octanol–water partition coefficient (Wildman–Crippen LogP) is 3.23. The van der Waals surface area contributed by atoms with Crippen LogP contribution in [0.15, 0.2) is 12.1 Å². The first-order chi connectivity index (χ1) is 8.28. The Labute approximate surface area is 100 Å². The minimum Gasteiger partial charge on any atom is -0.358 e. The number of hydrogen-bond donors (Lipinski definition) is 0. The van der Waals surface area contributed by atoms with Gasteiger partial charge in [0.25, 0.3) is 0 Å². The van der Waals surface area contributed by atoms with E-state index in [0.717, 1.165) is 0 Å². The highest BCUT2D eigenvalue weighted by molar-refractivity contribution is 5.52. The number of rotatable bonds is 3. The van der Waals surface area contributed by atoms with Gasteiger partial charge in [-0.25, -0.2) is 8.78 Å². The molecule has 0 saturated heterocycles. The maximum atomic E-state index is 13.5. The van der Waals surface area contributed by atoms with E-state index in [4.69, 9.17) is 5.26 Å². The second kappa shape index (κ2) is 5.21. The van der Waals surface area contributed by atoms with Gasteiger partial charge in [-0.1, -0.05) is 0 Å². The fourth-order valence-electron chi connectivity index (χ4n) is 1.50. The average Bonchev–Trinajstić information content (AvgIpc) is 2.24. The van der Waals surface area contributed by atoms with Crippen LogP contribution in [0.25, 0.3) is 0 Å². The highest BCUT2D eigenvalue weighted by atomic mass is 19.4. The zero-order valence-corrected chi connectivity index (χ0v) is 9.35. The molecule has 0 amide bonds. The van der Waals surface area contributed by atoms with Crippen LogP contribution in [0.2, 0.25) is 0 Å². The van der Waals surface area contributed by atoms with Crippen molar-refractivity contribution in [2.75, 3.05) is 18.0 Å². The number of hydrogen-bond acceptors (Lipinski definition) is 2. The summed E-state index contributed by atoms with van der Waals surface area (Å²) in [7, 11) is 0. The fraction of sp³-hybridized carbons (Fsp3) is 0.364. The zero-order valence-electron chi connectivity index (χ0n) is 9.35. The molecule has 0 atom stereocenters. The normalized spacial score (nSPS) is 11.2. The summed E-state index contributed by atoms with van der Waals surface area (Å²) in [5.41, 5.74) is -1.05. The van der Waals surface area contributed by atoms with E-state index in [2.05, 4.69) is 0 Å². The lowest BCUT2D eigenvalue weighted by molar-refractivity contribution is -0.119. The van der Waals surface area contributed by atoms with Crippen LogP contribution < -0.4 is 4.90 Å². The van der Waals surface area contributed by atoms with Crippen molar-refractivity contribution in [3.8, 4) is 6.07 Å². The van der Waals surface area contributed by atoms with Crippen LogP contribution in [-0.4, -0.2) is 19.3 Å². The third-order valence-corrected chi connectivity index (χ3v) is 2.21. The molecule has 0 aromatic heterocycles. The Hall–Kier alpha value is -1.84. The number of halogens is 5. The minimum absolute atomic E-state index is 0.209. The van der Waals surface area contributed by atoms with Gasteiger partial charge in [0.1, 0.15) is 12.2 Å². The lowest BCUT2D eigenvalue weighted by Gasteiger charge is -2.25. The first-order valence-electron chi connectivity index (χ1n) is 4.99. The number of nitrogens with zero attached hydrogens (tertiary/aromatic N) is 2. The maximum Gasteiger partial charge on any atom is 0.405 e. The van der Waals surface area contributed by atoms with E-state index in [1.807, 2.05) is 0 Å². The quantitative estimate of drug-likeness (QED) is 0.784. The maximum absolute atomic E-state index is 13.5. The summed E-state index contributed by atoms with van der Waals surface area (Å²) in [5, 5.41) is 8.48. The number of benzene rings is 1. The molecule has 1 aromatic carbocycles. The average molecular weight is 264 g/mol. The third kappa shape index (κ3) is 3.32. The first-order valence-corrected chi connectivity index (χ1v) is 4.99. The van der Waals surface area contributed by atoms with Gasteiger partial charge in [0, 0.05) is 6.54 Å². The molecule has 0 bridgehead atoms. The summed E-state index contributed by atoms with van der Waals surface area (Å²) in [5.74, 6) is -2.37. The van der Waals surface area contributed by atoms with Crippen molar-refractivity contribution < 1.29 is 22.0 Å². The van der Waals surface area contributed by atoms with Gasteiger partial charge in [0.2, 0.25) is 0 Å². The predicted molar refractivity (Wildman–Crippen MR) is 55.0 cm³/mol. The Kier molecular flexibility index (Phi) is 4.11. The molecule has 1 aromatic rings. The van der Waals surface area contributed by atoms with Crippen molar-refractivity contribution in [3.05, 3.63) is 29.3 Å². The largest absolute Gasteiger partial charge is 0.405 e. The van der Waals surface area contributed by atoms with E-state index < -0.39 is 30.0 Å². The lowest BCUT2D eigenvalue weighted by atomic mass is 10.2. The van der Waals surface area contributed by atoms with Gasteiger partial charge in [-0.3, -0.25) is 0 Å². The summed E-state index contributed by atoms with van der Waals surface area (Å²) in [4.78, 5) is 0.534. The van der Waals surface area contributed by atoms with Crippen molar-refractivity contribution in [1.29, 1.82) is 5.26 Å². The standard InChI is InChI=1S/C11H9F5N2/c1-2-18(6-11(14,15)16)10-8(12)3-7(5-17)4-9(10)13/h3-4H,2,6H2,1H3. The molecule has 1 rings (SSSR count). The molecule has 0 aliphatic heterocycles. The zero-order chi connectivity index (χ0) is 13.9. The van der Waals surface area contributed by atoms with Crippen LogP contribution in [0.4, 0.5) is 27.6 Å².